The largest absolute Gasteiger partial charge is 0.360 e. The third-order valence-electron chi connectivity index (χ3n) is 2.04. The molecule has 1 unspecified atom stereocenters. The molecule has 1 atom stereocenters. The Morgan fingerprint density at radius 3 is 2.54 bits per heavy atom. The van der Waals surface area contributed by atoms with Crippen LogP contribution in [0.4, 0.5) is 4.39 Å². The Labute approximate surface area is 81.1 Å². The van der Waals surface area contributed by atoms with Gasteiger partial charge in [-0.15, -0.1) is 0 Å². The molecule has 4 heteroatoms. The molecule has 2 nitrogen and oxygen atoms in total. The molecular weight excluding hydrogens is 187 g/mol. The van der Waals surface area contributed by atoms with Gasteiger partial charge < -0.3 is 10.6 Å². The standard InChI is InChI=1S/C9H9FN2S/c10-7-3-1-6(2-4-7)8-5-11-9(13)12-8/h1-4,8H,5H2,(H2,11,12,13). The molecule has 0 spiro atoms. The van der Waals surface area contributed by atoms with E-state index in [1.165, 1.54) is 12.1 Å². The Balaban J connectivity index is 2.17. The molecule has 0 radical (unpaired) electrons. The molecule has 1 aliphatic heterocycles. The summed E-state index contributed by atoms with van der Waals surface area (Å²) >= 11 is 4.93. The van der Waals surface area contributed by atoms with E-state index in [-0.39, 0.29) is 11.9 Å². The van der Waals surface area contributed by atoms with Gasteiger partial charge in [0.1, 0.15) is 5.82 Å². The zero-order valence-electron chi connectivity index (χ0n) is 6.88. The Hall–Kier alpha value is -1.16. The van der Waals surface area contributed by atoms with Crippen molar-refractivity contribution in [1.29, 1.82) is 0 Å². The van der Waals surface area contributed by atoms with Crippen molar-refractivity contribution >= 4 is 17.3 Å². The van der Waals surface area contributed by atoms with Crippen LogP contribution in [0.15, 0.2) is 24.3 Å². The monoisotopic (exact) mass is 196 g/mol. The highest BCUT2D eigenvalue weighted by Crippen LogP contribution is 2.15. The van der Waals surface area contributed by atoms with Crippen molar-refractivity contribution in [3.63, 3.8) is 0 Å². The molecule has 1 saturated heterocycles. The summed E-state index contributed by atoms with van der Waals surface area (Å²) in [7, 11) is 0. The smallest absolute Gasteiger partial charge is 0.166 e. The number of nitrogens with one attached hydrogen (secondary N) is 2. The summed E-state index contributed by atoms with van der Waals surface area (Å²) in [4.78, 5) is 0. The van der Waals surface area contributed by atoms with Crippen LogP contribution >= 0.6 is 12.2 Å². The fourth-order valence-corrected chi connectivity index (χ4v) is 1.58. The number of rotatable bonds is 1. The van der Waals surface area contributed by atoms with Crippen molar-refractivity contribution in [1.82, 2.24) is 10.6 Å². The maximum Gasteiger partial charge on any atom is 0.166 e. The third-order valence-corrected chi connectivity index (χ3v) is 2.31. The fraction of sp³-hybridized carbons (Fsp3) is 0.222. The van der Waals surface area contributed by atoms with Crippen LogP contribution in [0.5, 0.6) is 0 Å². The molecular formula is C9H9FN2S. The molecule has 0 saturated carbocycles. The second kappa shape index (κ2) is 3.30. The van der Waals surface area contributed by atoms with Gasteiger partial charge in [-0.3, -0.25) is 0 Å². The second-order valence-corrected chi connectivity index (χ2v) is 3.37. The summed E-state index contributed by atoms with van der Waals surface area (Å²) in [5, 5.41) is 6.76. The van der Waals surface area contributed by atoms with Crippen molar-refractivity contribution in [3.05, 3.63) is 35.6 Å². The number of hydrogen-bond donors (Lipinski definition) is 2. The summed E-state index contributed by atoms with van der Waals surface area (Å²) in [5.41, 5.74) is 1.05. The van der Waals surface area contributed by atoms with Gasteiger partial charge in [-0.25, -0.2) is 4.39 Å². The van der Waals surface area contributed by atoms with Crippen molar-refractivity contribution in [2.45, 2.75) is 6.04 Å². The third kappa shape index (κ3) is 1.78. The summed E-state index contributed by atoms with van der Waals surface area (Å²) in [6, 6.07) is 6.62. The lowest BCUT2D eigenvalue weighted by molar-refractivity contribution is 0.624. The van der Waals surface area contributed by atoms with Gasteiger partial charge >= 0.3 is 0 Å². The molecule has 1 aromatic carbocycles. The Morgan fingerprint density at radius 1 is 1.31 bits per heavy atom. The molecule has 1 fully saturated rings. The van der Waals surface area contributed by atoms with Gasteiger partial charge in [0, 0.05) is 6.54 Å². The summed E-state index contributed by atoms with van der Waals surface area (Å²) in [6.45, 7) is 0.768. The Kier molecular flexibility index (Phi) is 2.14. The van der Waals surface area contributed by atoms with Crippen LogP contribution in [-0.4, -0.2) is 11.7 Å². The second-order valence-electron chi connectivity index (χ2n) is 2.96. The van der Waals surface area contributed by atoms with E-state index in [1.54, 1.807) is 12.1 Å². The molecule has 2 rings (SSSR count). The van der Waals surface area contributed by atoms with E-state index in [1.807, 2.05) is 0 Å². The summed E-state index contributed by atoms with van der Waals surface area (Å²) in [6.07, 6.45) is 0. The highest BCUT2D eigenvalue weighted by molar-refractivity contribution is 7.80. The van der Waals surface area contributed by atoms with E-state index >= 15 is 0 Å². The lowest BCUT2D eigenvalue weighted by Crippen LogP contribution is -2.21. The average Bonchev–Trinajstić information content (AvgIpc) is 2.53. The van der Waals surface area contributed by atoms with Crippen LogP contribution in [0.25, 0.3) is 0 Å². The quantitative estimate of drug-likeness (QED) is 0.663. The van der Waals surface area contributed by atoms with Gasteiger partial charge in [-0.2, -0.15) is 0 Å². The number of hydrogen-bond acceptors (Lipinski definition) is 1. The zero-order chi connectivity index (χ0) is 9.26. The maximum absolute atomic E-state index is 12.6. The molecule has 1 aliphatic rings. The lowest BCUT2D eigenvalue weighted by Gasteiger charge is -2.08. The number of benzene rings is 1. The number of halogens is 1. The topological polar surface area (TPSA) is 24.1 Å². The molecule has 0 aromatic heterocycles. The fourth-order valence-electron chi connectivity index (χ4n) is 1.35. The summed E-state index contributed by atoms with van der Waals surface area (Å²) in [5.74, 6) is -0.211. The first-order valence-corrected chi connectivity index (χ1v) is 4.46. The highest BCUT2D eigenvalue weighted by atomic mass is 32.1. The first-order chi connectivity index (χ1) is 6.25. The van der Waals surface area contributed by atoms with Gasteiger partial charge in [0.2, 0.25) is 0 Å². The van der Waals surface area contributed by atoms with Crippen LogP contribution in [0.2, 0.25) is 0 Å². The average molecular weight is 196 g/mol. The van der Waals surface area contributed by atoms with E-state index in [2.05, 4.69) is 10.6 Å². The minimum absolute atomic E-state index is 0.174. The lowest BCUT2D eigenvalue weighted by atomic mass is 10.1. The van der Waals surface area contributed by atoms with Gasteiger partial charge in [-0.1, -0.05) is 12.1 Å². The van der Waals surface area contributed by atoms with E-state index in [4.69, 9.17) is 12.2 Å². The zero-order valence-corrected chi connectivity index (χ0v) is 7.70. The SMILES string of the molecule is Fc1ccc(C2CNC(=S)N2)cc1. The van der Waals surface area contributed by atoms with Crippen LogP contribution in [0.1, 0.15) is 11.6 Å². The van der Waals surface area contributed by atoms with Crippen molar-refractivity contribution in [2.24, 2.45) is 0 Å². The van der Waals surface area contributed by atoms with Gasteiger partial charge in [-0.05, 0) is 29.9 Å². The van der Waals surface area contributed by atoms with Crippen LogP contribution in [-0.2, 0) is 0 Å². The molecule has 68 valence electrons. The first kappa shape index (κ1) is 8.44. The molecule has 0 amide bonds. The van der Waals surface area contributed by atoms with E-state index in [0.717, 1.165) is 12.1 Å². The molecule has 1 heterocycles. The molecule has 2 N–H and O–H groups in total. The van der Waals surface area contributed by atoms with Gasteiger partial charge in [0.25, 0.3) is 0 Å². The Bertz CT molecular complexity index is 323. The summed E-state index contributed by atoms with van der Waals surface area (Å²) < 4.78 is 12.6. The van der Waals surface area contributed by atoms with Gasteiger partial charge in [0.05, 0.1) is 6.04 Å². The first-order valence-electron chi connectivity index (χ1n) is 4.05. The van der Waals surface area contributed by atoms with Crippen molar-refractivity contribution in [3.8, 4) is 0 Å². The minimum atomic E-state index is -0.211. The van der Waals surface area contributed by atoms with Crippen molar-refractivity contribution < 1.29 is 4.39 Å². The normalized spacial score (nSPS) is 21.0. The Morgan fingerprint density at radius 2 is 2.00 bits per heavy atom. The molecule has 0 bridgehead atoms. The number of thiocarbonyl (C=S) groups is 1. The molecule has 1 aromatic rings. The molecule has 0 aliphatic carbocycles. The van der Waals surface area contributed by atoms with E-state index in [9.17, 15) is 4.39 Å². The van der Waals surface area contributed by atoms with Crippen LogP contribution < -0.4 is 10.6 Å². The van der Waals surface area contributed by atoms with Crippen LogP contribution in [0.3, 0.4) is 0 Å². The van der Waals surface area contributed by atoms with Gasteiger partial charge in [0.15, 0.2) is 5.11 Å². The van der Waals surface area contributed by atoms with E-state index in [0.29, 0.717) is 5.11 Å². The molecule has 13 heavy (non-hydrogen) atoms. The highest BCUT2D eigenvalue weighted by Gasteiger charge is 2.18. The predicted octanol–water partition coefficient (Wildman–Crippen LogP) is 1.34. The van der Waals surface area contributed by atoms with Crippen molar-refractivity contribution in [2.75, 3.05) is 6.54 Å². The maximum atomic E-state index is 12.6. The van der Waals surface area contributed by atoms with E-state index < -0.39 is 0 Å². The van der Waals surface area contributed by atoms with Crippen LogP contribution in [0, 0.1) is 5.82 Å². The minimum Gasteiger partial charge on any atom is -0.360 e. The predicted molar refractivity (Wildman–Crippen MR) is 52.9 cm³/mol.